The van der Waals surface area contributed by atoms with E-state index in [1.54, 1.807) is 13.8 Å². The first-order chi connectivity index (χ1) is 11.8. The van der Waals surface area contributed by atoms with Crippen molar-refractivity contribution in [2.75, 3.05) is 6.61 Å². The van der Waals surface area contributed by atoms with E-state index in [1.165, 1.54) is 42.5 Å². The molecule has 0 amide bonds. The molecule has 0 heterocycles. The highest BCUT2D eigenvalue weighted by Gasteiger charge is 2.34. The topological polar surface area (TPSA) is 44.8 Å². The normalized spacial score (nSPS) is 12.4. The van der Waals surface area contributed by atoms with E-state index in [0.29, 0.717) is 5.75 Å². The van der Waals surface area contributed by atoms with Gasteiger partial charge in [-0.2, -0.15) is 13.2 Å². The van der Waals surface area contributed by atoms with Crippen molar-refractivity contribution in [1.82, 2.24) is 0 Å². The van der Waals surface area contributed by atoms with Crippen LogP contribution in [0.3, 0.4) is 0 Å². The molecule has 25 heavy (non-hydrogen) atoms. The van der Waals surface area contributed by atoms with E-state index >= 15 is 0 Å². The Morgan fingerprint density at radius 3 is 2.24 bits per heavy atom. The standard InChI is InChI=1S/C18H17F3O4/c1-3-23-17(22)12(2)24-13-8-10-14(11-9-13)25-16-7-5-4-6-15(16)18(19,20)21/h4-12H,3H2,1-2H3/t12-/m1/s1. The molecule has 0 aliphatic rings. The number of ether oxygens (including phenoxy) is 3. The van der Waals surface area contributed by atoms with E-state index in [9.17, 15) is 18.0 Å². The summed E-state index contributed by atoms with van der Waals surface area (Å²) < 4.78 is 54.4. The molecular formula is C18H17F3O4. The predicted octanol–water partition coefficient (Wildman–Crippen LogP) is 4.83. The van der Waals surface area contributed by atoms with Crippen molar-refractivity contribution in [3.63, 3.8) is 0 Å². The van der Waals surface area contributed by atoms with Crippen LogP contribution in [0.4, 0.5) is 13.2 Å². The molecule has 0 saturated heterocycles. The summed E-state index contributed by atoms with van der Waals surface area (Å²) in [5, 5.41) is 0. The van der Waals surface area contributed by atoms with E-state index in [0.717, 1.165) is 6.07 Å². The Kier molecular flexibility index (Phi) is 5.90. The second-order valence-corrected chi connectivity index (χ2v) is 5.08. The monoisotopic (exact) mass is 354 g/mol. The number of hydrogen-bond acceptors (Lipinski definition) is 4. The van der Waals surface area contributed by atoms with E-state index < -0.39 is 23.8 Å². The highest BCUT2D eigenvalue weighted by molar-refractivity contribution is 5.74. The van der Waals surface area contributed by atoms with Gasteiger partial charge < -0.3 is 14.2 Å². The van der Waals surface area contributed by atoms with E-state index in [-0.39, 0.29) is 18.1 Å². The third kappa shape index (κ3) is 5.14. The van der Waals surface area contributed by atoms with Gasteiger partial charge in [0.1, 0.15) is 17.2 Å². The molecule has 4 nitrogen and oxygen atoms in total. The molecule has 0 radical (unpaired) electrons. The van der Waals surface area contributed by atoms with Gasteiger partial charge in [-0.15, -0.1) is 0 Å². The quantitative estimate of drug-likeness (QED) is 0.697. The summed E-state index contributed by atoms with van der Waals surface area (Å²) in [6.45, 7) is 3.48. The van der Waals surface area contributed by atoms with Crippen LogP contribution in [-0.2, 0) is 15.7 Å². The van der Waals surface area contributed by atoms with Crippen LogP contribution < -0.4 is 9.47 Å². The Bertz CT molecular complexity index is 711. The number of rotatable bonds is 6. The summed E-state index contributed by atoms with van der Waals surface area (Å²) in [6, 6.07) is 10.9. The summed E-state index contributed by atoms with van der Waals surface area (Å²) in [4.78, 5) is 11.5. The van der Waals surface area contributed by atoms with Gasteiger partial charge in [-0.1, -0.05) is 12.1 Å². The summed E-state index contributed by atoms with van der Waals surface area (Å²) in [7, 11) is 0. The lowest BCUT2D eigenvalue weighted by Gasteiger charge is -2.15. The van der Waals surface area contributed by atoms with Gasteiger partial charge in [0.25, 0.3) is 0 Å². The minimum atomic E-state index is -4.51. The van der Waals surface area contributed by atoms with Gasteiger partial charge in [-0.3, -0.25) is 0 Å². The molecule has 2 aromatic rings. The minimum absolute atomic E-state index is 0.216. The summed E-state index contributed by atoms with van der Waals surface area (Å²) in [5.41, 5.74) is -0.855. The fraction of sp³-hybridized carbons (Fsp3) is 0.278. The van der Waals surface area contributed by atoms with Crippen molar-refractivity contribution >= 4 is 5.97 Å². The van der Waals surface area contributed by atoms with E-state index in [1.807, 2.05) is 0 Å². The van der Waals surface area contributed by atoms with E-state index in [4.69, 9.17) is 14.2 Å². The first-order valence-corrected chi connectivity index (χ1v) is 7.58. The van der Waals surface area contributed by atoms with Crippen molar-refractivity contribution in [3.8, 4) is 17.2 Å². The molecule has 7 heteroatoms. The maximum absolute atomic E-state index is 13.0. The number of hydrogen-bond donors (Lipinski definition) is 0. The lowest BCUT2D eigenvalue weighted by Crippen LogP contribution is -2.25. The molecule has 0 aliphatic carbocycles. The van der Waals surface area contributed by atoms with Crippen molar-refractivity contribution in [3.05, 3.63) is 54.1 Å². The maximum Gasteiger partial charge on any atom is 0.419 e. The van der Waals surface area contributed by atoms with Crippen LogP contribution in [-0.4, -0.2) is 18.7 Å². The first-order valence-electron chi connectivity index (χ1n) is 7.58. The number of alkyl halides is 3. The smallest absolute Gasteiger partial charge is 0.419 e. The highest BCUT2D eigenvalue weighted by Crippen LogP contribution is 2.38. The molecule has 0 fully saturated rings. The Morgan fingerprint density at radius 2 is 1.64 bits per heavy atom. The molecule has 0 aromatic heterocycles. The number of benzene rings is 2. The molecule has 1 atom stereocenters. The molecule has 134 valence electrons. The van der Waals surface area contributed by atoms with Gasteiger partial charge in [0.2, 0.25) is 0 Å². The number of esters is 1. The Labute approximate surface area is 143 Å². The first kappa shape index (κ1) is 18.6. The summed E-state index contributed by atoms with van der Waals surface area (Å²) in [5.74, 6) is -0.199. The Morgan fingerprint density at radius 1 is 1.04 bits per heavy atom. The minimum Gasteiger partial charge on any atom is -0.479 e. The van der Waals surface area contributed by atoms with Gasteiger partial charge in [-0.05, 0) is 50.2 Å². The van der Waals surface area contributed by atoms with E-state index in [2.05, 4.69) is 0 Å². The third-order valence-electron chi connectivity index (χ3n) is 3.18. The van der Waals surface area contributed by atoms with Crippen LogP contribution in [0, 0.1) is 0 Å². The maximum atomic E-state index is 13.0. The Balaban J connectivity index is 2.08. The molecule has 0 aliphatic heterocycles. The zero-order chi connectivity index (χ0) is 18.4. The SMILES string of the molecule is CCOC(=O)[C@@H](C)Oc1ccc(Oc2ccccc2C(F)(F)F)cc1. The lowest BCUT2D eigenvalue weighted by molar-refractivity contribution is -0.150. The number of carbonyl (C=O) groups excluding carboxylic acids is 1. The fourth-order valence-electron chi connectivity index (χ4n) is 2.01. The molecular weight excluding hydrogens is 337 g/mol. The second-order valence-electron chi connectivity index (χ2n) is 5.08. The van der Waals surface area contributed by atoms with Crippen molar-refractivity contribution < 1.29 is 32.2 Å². The van der Waals surface area contributed by atoms with Crippen molar-refractivity contribution in [1.29, 1.82) is 0 Å². The van der Waals surface area contributed by atoms with Crippen LogP contribution >= 0.6 is 0 Å². The lowest BCUT2D eigenvalue weighted by atomic mass is 10.2. The highest BCUT2D eigenvalue weighted by atomic mass is 19.4. The molecule has 0 bridgehead atoms. The molecule has 0 unspecified atom stereocenters. The zero-order valence-corrected chi connectivity index (χ0v) is 13.7. The average molecular weight is 354 g/mol. The number of halogens is 3. The molecule has 0 spiro atoms. The average Bonchev–Trinajstić information content (AvgIpc) is 2.56. The number of carbonyl (C=O) groups is 1. The molecule has 0 N–H and O–H groups in total. The van der Waals surface area contributed by atoms with Gasteiger partial charge in [0, 0.05) is 0 Å². The van der Waals surface area contributed by atoms with Crippen LogP contribution in [0.1, 0.15) is 19.4 Å². The summed E-state index contributed by atoms with van der Waals surface area (Å²) in [6.07, 6.45) is -5.30. The van der Waals surface area contributed by atoms with Gasteiger partial charge in [-0.25, -0.2) is 4.79 Å². The number of para-hydroxylation sites is 1. The van der Waals surface area contributed by atoms with Crippen LogP contribution in [0.25, 0.3) is 0 Å². The molecule has 2 aromatic carbocycles. The Hall–Kier alpha value is -2.70. The van der Waals surface area contributed by atoms with Crippen molar-refractivity contribution in [2.45, 2.75) is 26.1 Å². The fourth-order valence-corrected chi connectivity index (χ4v) is 2.01. The molecule has 0 saturated carbocycles. The second kappa shape index (κ2) is 7.92. The van der Waals surface area contributed by atoms with Gasteiger partial charge in [0.05, 0.1) is 12.2 Å². The summed E-state index contributed by atoms with van der Waals surface area (Å²) >= 11 is 0. The van der Waals surface area contributed by atoms with Gasteiger partial charge in [0.15, 0.2) is 6.10 Å². The van der Waals surface area contributed by atoms with Crippen LogP contribution in [0.2, 0.25) is 0 Å². The van der Waals surface area contributed by atoms with Crippen LogP contribution in [0.5, 0.6) is 17.2 Å². The largest absolute Gasteiger partial charge is 0.479 e. The zero-order valence-electron chi connectivity index (χ0n) is 13.7. The predicted molar refractivity (Wildman–Crippen MR) is 84.7 cm³/mol. The van der Waals surface area contributed by atoms with Crippen LogP contribution in [0.15, 0.2) is 48.5 Å². The third-order valence-corrected chi connectivity index (χ3v) is 3.18. The molecule has 2 rings (SSSR count). The van der Waals surface area contributed by atoms with Gasteiger partial charge >= 0.3 is 12.1 Å². The van der Waals surface area contributed by atoms with Crippen molar-refractivity contribution in [2.24, 2.45) is 0 Å².